The van der Waals surface area contributed by atoms with Crippen LogP contribution in [0.2, 0.25) is 0 Å². The molecule has 0 heterocycles. The summed E-state index contributed by atoms with van der Waals surface area (Å²) in [6.45, 7) is 18.5. The molecule has 10 rings (SSSR count). The zero-order valence-electron chi connectivity index (χ0n) is 39.4. The number of rotatable bonds is 12. The second kappa shape index (κ2) is 17.0. The maximum absolute atomic E-state index is 2.61. The molecule has 0 aliphatic rings. The first-order valence-electron chi connectivity index (χ1n) is 24.5. The summed E-state index contributed by atoms with van der Waals surface area (Å²) in [7, 11) is 0. The number of hydrogen-bond donors (Lipinski definition) is 0. The monoisotopic (exact) mass is 830 g/mol. The van der Waals surface area contributed by atoms with Crippen LogP contribution in [-0.4, -0.2) is 0 Å². The minimum atomic E-state index is 0.988. The Morgan fingerprint density at radius 3 is 1.09 bits per heavy atom. The Morgan fingerprint density at radius 1 is 0.266 bits per heavy atom. The van der Waals surface area contributed by atoms with Gasteiger partial charge in [-0.25, -0.2) is 0 Å². The molecule has 0 fully saturated rings. The van der Waals surface area contributed by atoms with E-state index < -0.39 is 0 Å². The van der Waals surface area contributed by atoms with E-state index in [-0.39, 0.29) is 0 Å². The van der Waals surface area contributed by atoms with E-state index in [2.05, 4.69) is 189 Å². The van der Waals surface area contributed by atoms with Gasteiger partial charge in [-0.3, -0.25) is 0 Å². The van der Waals surface area contributed by atoms with Crippen LogP contribution in [0, 0.1) is 0 Å². The van der Waals surface area contributed by atoms with Crippen LogP contribution < -0.4 is 0 Å². The Morgan fingerprint density at radius 2 is 0.641 bits per heavy atom. The van der Waals surface area contributed by atoms with Crippen molar-refractivity contribution >= 4 is 53.9 Å². The van der Waals surface area contributed by atoms with Gasteiger partial charge in [0.05, 0.1) is 0 Å². The summed E-state index contributed by atoms with van der Waals surface area (Å²) in [5, 5.41) is 13.3. The lowest BCUT2D eigenvalue weighted by atomic mass is 9.78. The van der Waals surface area contributed by atoms with Gasteiger partial charge >= 0.3 is 0 Å². The highest BCUT2D eigenvalue weighted by Crippen LogP contribution is 2.51. The SMILES string of the molecule is CCc1cc(CC)cc(-c2c3ccccc3c(-c3cc(-c4c(CC)cc(CC)cc4CC)c4ccc5c(-c6c(CC)cc(CC)cc6CC)ccc6ccc3c4c65)c3ccccc23)c1. The van der Waals surface area contributed by atoms with Crippen LogP contribution in [-0.2, 0) is 51.4 Å². The molecule has 0 N–H and O–H groups in total. The summed E-state index contributed by atoms with van der Waals surface area (Å²) in [6.07, 6.45) is 8.13. The average molecular weight is 831 g/mol. The molecular formula is C64H62. The third kappa shape index (κ3) is 6.63. The fraction of sp³-hybridized carbons (Fsp3) is 0.250. The molecule has 0 aliphatic carbocycles. The van der Waals surface area contributed by atoms with Crippen LogP contribution in [0.25, 0.3) is 98.4 Å². The van der Waals surface area contributed by atoms with Gasteiger partial charge in [0.15, 0.2) is 0 Å². The Balaban J connectivity index is 1.40. The summed E-state index contributed by atoms with van der Waals surface area (Å²) in [4.78, 5) is 0. The standard InChI is InChI=1S/C64H62/c1-9-39-31-40(10-2)37-48(36-39)61-49-21-17-19-23-51(49)63(52-24-20-18-22-50(52)61)58-38-57(60-45(15-7)34-42(12-4)35-46(60)16-8)56-30-29-54-53(27-25-47-26-28-55(58)64(56)62(47)54)59-43(13-5)32-41(11-3)33-44(59)14-6/h17-38H,9-16H2,1-8H3. The number of benzene rings is 10. The molecule has 10 aromatic carbocycles. The van der Waals surface area contributed by atoms with E-state index in [1.807, 2.05) is 0 Å². The molecule has 0 saturated carbocycles. The zero-order valence-corrected chi connectivity index (χ0v) is 39.4. The minimum absolute atomic E-state index is 0.988. The average Bonchev–Trinajstić information content (AvgIpc) is 3.35. The van der Waals surface area contributed by atoms with Gasteiger partial charge in [-0.15, -0.1) is 0 Å². The van der Waals surface area contributed by atoms with E-state index in [0.717, 1.165) is 51.4 Å². The summed E-state index contributed by atoms with van der Waals surface area (Å²) in [5.41, 5.74) is 22.3. The van der Waals surface area contributed by atoms with E-state index in [9.17, 15) is 0 Å². The lowest BCUT2D eigenvalue weighted by Crippen LogP contribution is -2.01. The van der Waals surface area contributed by atoms with Crippen molar-refractivity contribution in [1.29, 1.82) is 0 Å². The van der Waals surface area contributed by atoms with Crippen molar-refractivity contribution < 1.29 is 0 Å². The van der Waals surface area contributed by atoms with Crippen molar-refractivity contribution in [3.63, 3.8) is 0 Å². The lowest BCUT2D eigenvalue weighted by molar-refractivity contribution is 1.05. The van der Waals surface area contributed by atoms with Crippen molar-refractivity contribution in [1.82, 2.24) is 0 Å². The normalized spacial score (nSPS) is 11.9. The maximum Gasteiger partial charge on any atom is -0.00141 e. The van der Waals surface area contributed by atoms with E-state index in [1.54, 1.807) is 0 Å². The topological polar surface area (TPSA) is 0 Å². The third-order valence-corrected chi connectivity index (χ3v) is 14.7. The van der Waals surface area contributed by atoms with Gasteiger partial charge in [-0.2, -0.15) is 0 Å². The molecule has 0 nitrogen and oxygen atoms in total. The van der Waals surface area contributed by atoms with Crippen LogP contribution in [0.5, 0.6) is 0 Å². The van der Waals surface area contributed by atoms with Gasteiger partial charge in [0.1, 0.15) is 0 Å². The summed E-state index contributed by atoms with van der Waals surface area (Å²) < 4.78 is 0. The summed E-state index contributed by atoms with van der Waals surface area (Å²) in [5.74, 6) is 0. The van der Waals surface area contributed by atoms with Crippen LogP contribution >= 0.6 is 0 Å². The maximum atomic E-state index is 2.61. The fourth-order valence-electron chi connectivity index (χ4n) is 11.5. The van der Waals surface area contributed by atoms with E-state index in [4.69, 9.17) is 0 Å². The smallest absolute Gasteiger partial charge is 0.00141 e. The molecule has 0 spiro atoms. The molecule has 64 heavy (non-hydrogen) atoms. The highest BCUT2D eigenvalue weighted by atomic mass is 14.3. The summed E-state index contributed by atoms with van der Waals surface area (Å²) >= 11 is 0. The fourth-order valence-corrected chi connectivity index (χ4v) is 11.5. The van der Waals surface area contributed by atoms with Gasteiger partial charge in [-0.1, -0.05) is 183 Å². The molecular weight excluding hydrogens is 769 g/mol. The minimum Gasteiger partial charge on any atom is -0.0616 e. The van der Waals surface area contributed by atoms with E-state index in [0.29, 0.717) is 0 Å². The highest BCUT2D eigenvalue weighted by Gasteiger charge is 2.25. The molecule has 0 atom stereocenters. The molecule has 0 unspecified atom stereocenters. The van der Waals surface area contributed by atoms with E-state index in [1.165, 1.54) is 143 Å². The first kappa shape index (κ1) is 41.8. The quantitative estimate of drug-likeness (QED) is 0.0850. The molecule has 10 aromatic rings. The Hall–Kier alpha value is -6.24. The van der Waals surface area contributed by atoms with Crippen molar-refractivity contribution in [2.24, 2.45) is 0 Å². The van der Waals surface area contributed by atoms with Crippen molar-refractivity contribution in [3.8, 4) is 44.5 Å². The molecule has 318 valence electrons. The molecule has 0 radical (unpaired) electrons. The highest BCUT2D eigenvalue weighted by molar-refractivity contribution is 6.32. The predicted octanol–water partition coefficient (Wildman–Crippen LogP) is 18.1. The zero-order chi connectivity index (χ0) is 44.2. The van der Waals surface area contributed by atoms with Crippen LogP contribution in [0.3, 0.4) is 0 Å². The van der Waals surface area contributed by atoms with Crippen molar-refractivity contribution in [2.75, 3.05) is 0 Å². The first-order valence-corrected chi connectivity index (χ1v) is 24.5. The van der Waals surface area contributed by atoms with Crippen molar-refractivity contribution in [2.45, 2.75) is 107 Å². The summed E-state index contributed by atoms with van der Waals surface area (Å²) in [6, 6.07) is 53.0. The van der Waals surface area contributed by atoms with Gasteiger partial charge in [0.2, 0.25) is 0 Å². The van der Waals surface area contributed by atoms with Crippen LogP contribution in [0.15, 0.2) is 133 Å². The number of aryl methyl sites for hydroxylation is 8. The van der Waals surface area contributed by atoms with Gasteiger partial charge in [0.25, 0.3) is 0 Å². The molecule has 0 amide bonds. The second-order valence-corrected chi connectivity index (χ2v) is 18.1. The Kier molecular flexibility index (Phi) is 11.1. The van der Waals surface area contributed by atoms with Crippen molar-refractivity contribution in [3.05, 3.63) is 178 Å². The van der Waals surface area contributed by atoms with E-state index >= 15 is 0 Å². The molecule has 0 saturated heterocycles. The molecule has 0 heteroatoms. The first-order chi connectivity index (χ1) is 31.4. The Bertz CT molecular complexity index is 3280. The number of hydrogen-bond acceptors (Lipinski definition) is 0. The number of fused-ring (bicyclic) bond motifs is 2. The molecule has 0 aromatic heterocycles. The van der Waals surface area contributed by atoms with Gasteiger partial charge in [-0.05, 0) is 200 Å². The largest absolute Gasteiger partial charge is 0.0616 e. The van der Waals surface area contributed by atoms with Crippen LogP contribution in [0.1, 0.15) is 99.9 Å². The Labute approximate surface area is 381 Å². The lowest BCUT2D eigenvalue weighted by Gasteiger charge is -2.25. The van der Waals surface area contributed by atoms with Gasteiger partial charge in [0, 0.05) is 0 Å². The van der Waals surface area contributed by atoms with Crippen LogP contribution in [0.4, 0.5) is 0 Å². The van der Waals surface area contributed by atoms with Gasteiger partial charge < -0.3 is 0 Å². The predicted molar refractivity (Wildman–Crippen MR) is 282 cm³/mol. The molecule has 0 aliphatic heterocycles. The third-order valence-electron chi connectivity index (χ3n) is 14.7. The molecule has 0 bridgehead atoms. The second-order valence-electron chi connectivity index (χ2n) is 18.1.